The molecule has 2 aliphatic carbocycles. The molecule has 25 heavy (non-hydrogen) atoms. The molecule has 5 unspecified atom stereocenters. The minimum Gasteiger partial charge on any atom is -0.377 e. The summed E-state index contributed by atoms with van der Waals surface area (Å²) in [5.41, 5.74) is 0.185. The van der Waals surface area contributed by atoms with Gasteiger partial charge >= 0.3 is 0 Å². The van der Waals surface area contributed by atoms with Crippen LogP contribution in [-0.2, 0) is 4.74 Å². The molecule has 2 N–H and O–H groups in total. The van der Waals surface area contributed by atoms with Crippen molar-refractivity contribution in [1.82, 2.24) is 15.5 Å². The third kappa shape index (κ3) is 3.68. The lowest BCUT2D eigenvalue weighted by atomic mass is 9.55. The number of guanidine groups is 1. The van der Waals surface area contributed by atoms with Crippen molar-refractivity contribution in [2.75, 3.05) is 26.7 Å². The predicted molar refractivity (Wildman–Crippen MR) is 113 cm³/mol. The van der Waals surface area contributed by atoms with Crippen LogP contribution in [0.5, 0.6) is 0 Å². The summed E-state index contributed by atoms with van der Waals surface area (Å²) in [6.07, 6.45) is 5.67. The predicted octanol–water partition coefficient (Wildman–Crippen LogP) is 2.46. The molecule has 2 heterocycles. The first-order chi connectivity index (χ1) is 11.5. The molecule has 5 atom stereocenters. The maximum Gasteiger partial charge on any atom is 0.191 e. The van der Waals surface area contributed by atoms with Crippen molar-refractivity contribution in [1.29, 1.82) is 0 Å². The molecule has 0 aromatic carbocycles. The quantitative estimate of drug-likeness (QED) is 0.385. The van der Waals surface area contributed by atoms with Crippen LogP contribution in [0.25, 0.3) is 0 Å². The first kappa shape index (κ1) is 19.7. The van der Waals surface area contributed by atoms with Crippen molar-refractivity contribution in [3.05, 3.63) is 0 Å². The summed E-state index contributed by atoms with van der Waals surface area (Å²) < 4.78 is 6.03. The monoisotopic (exact) mass is 462 g/mol. The number of halogens is 1. The van der Waals surface area contributed by atoms with Gasteiger partial charge in [-0.3, -0.25) is 9.89 Å². The number of aliphatic imine (C=N–C) groups is 1. The smallest absolute Gasteiger partial charge is 0.191 e. The maximum atomic E-state index is 6.03. The minimum absolute atomic E-state index is 0. The Labute approximate surface area is 169 Å². The lowest BCUT2D eigenvalue weighted by Crippen LogP contribution is -2.71. The van der Waals surface area contributed by atoms with Crippen LogP contribution in [0.15, 0.2) is 4.99 Å². The second-order valence-corrected chi connectivity index (χ2v) is 9.03. The van der Waals surface area contributed by atoms with Gasteiger partial charge in [0, 0.05) is 56.2 Å². The van der Waals surface area contributed by atoms with E-state index in [1.807, 2.05) is 7.05 Å². The number of fused-ring (bicyclic) bond motifs is 1. The second kappa shape index (κ2) is 7.50. The fourth-order valence-corrected chi connectivity index (χ4v) is 5.24. The highest BCUT2D eigenvalue weighted by Gasteiger charge is 2.58. The van der Waals surface area contributed by atoms with Gasteiger partial charge < -0.3 is 15.4 Å². The van der Waals surface area contributed by atoms with E-state index in [-0.39, 0.29) is 29.4 Å². The fourth-order valence-electron chi connectivity index (χ4n) is 5.24. The van der Waals surface area contributed by atoms with Crippen molar-refractivity contribution in [2.45, 2.75) is 70.7 Å². The highest BCUT2D eigenvalue weighted by atomic mass is 127. The molecular weight excluding hydrogens is 427 g/mol. The van der Waals surface area contributed by atoms with E-state index < -0.39 is 0 Å². The van der Waals surface area contributed by atoms with E-state index in [0.717, 1.165) is 25.2 Å². The molecule has 5 nitrogen and oxygen atoms in total. The van der Waals surface area contributed by atoms with E-state index in [0.29, 0.717) is 30.0 Å². The zero-order valence-electron chi connectivity index (χ0n) is 16.1. The number of ether oxygens (including phenoxy) is 1. The minimum atomic E-state index is 0. The van der Waals surface area contributed by atoms with Crippen LogP contribution in [0, 0.1) is 17.3 Å². The van der Waals surface area contributed by atoms with Gasteiger partial charge in [-0.25, -0.2) is 0 Å². The fraction of sp³-hybridized carbons (Fsp3) is 0.947. The average molecular weight is 462 g/mol. The Hall–Kier alpha value is -0.0800. The summed E-state index contributed by atoms with van der Waals surface area (Å²) in [6, 6.07) is 1.84. The van der Waals surface area contributed by atoms with Crippen LogP contribution >= 0.6 is 24.0 Å². The largest absolute Gasteiger partial charge is 0.377 e. The van der Waals surface area contributed by atoms with E-state index in [1.54, 1.807) is 0 Å². The molecule has 6 heteroatoms. The summed E-state index contributed by atoms with van der Waals surface area (Å²) >= 11 is 0. The molecule has 0 bridgehead atoms. The van der Waals surface area contributed by atoms with Gasteiger partial charge in [-0.2, -0.15) is 0 Å². The van der Waals surface area contributed by atoms with Crippen LogP contribution in [0.2, 0.25) is 0 Å². The first-order valence-corrected chi connectivity index (χ1v) is 9.86. The molecule has 2 aliphatic heterocycles. The Balaban J connectivity index is 0.00000182. The molecule has 2 saturated heterocycles. The van der Waals surface area contributed by atoms with Gasteiger partial charge in [0.05, 0.1) is 6.10 Å². The molecule has 144 valence electrons. The summed E-state index contributed by atoms with van der Waals surface area (Å²) in [7, 11) is 1.90. The Morgan fingerprint density at radius 3 is 2.60 bits per heavy atom. The zero-order valence-corrected chi connectivity index (χ0v) is 18.5. The van der Waals surface area contributed by atoms with Gasteiger partial charge in [-0.15, -0.1) is 24.0 Å². The van der Waals surface area contributed by atoms with Gasteiger partial charge in [-0.05, 0) is 31.6 Å². The van der Waals surface area contributed by atoms with Crippen molar-refractivity contribution in [2.24, 2.45) is 22.2 Å². The van der Waals surface area contributed by atoms with Crippen molar-refractivity contribution >= 4 is 29.9 Å². The van der Waals surface area contributed by atoms with Crippen molar-refractivity contribution < 1.29 is 4.74 Å². The number of rotatable bonds is 3. The Morgan fingerprint density at radius 2 is 1.92 bits per heavy atom. The topological polar surface area (TPSA) is 48.9 Å². The Kier molecular flexibility index (Phi) is 5.91. The molecular formula is C19H35IN4O. The van der Waals surface area contributed by atoms with Gasteiger partial charge in [0.15, 0.2) is 5.96 Å². The molecule has 0 amide bonds. The van der Waals surface area contributed by atoms with Crippen LogP contribution in [0.3, 0.4) is 0 Å². The average Bonchev–Trinajstić information content (AvgIpc) is 3.36. The molecule has 0 spiro atoms. The summed E-state index contributed by atoms with van der Waals surface area (Å²) in [5.74, 6) is 2.30. The van der Waals surface area contributed by atoms with Crippen LogP contribution < -0.4 is 10.6 Å². The normalized spacial score (nSPS) is 40.6. The summed E-state index contributed by atoms with van der Waals surface area (Å²) in [4.78, 5) is 7.19. The van der Waals surface area contributed by atoms with E-state index in [4.69, 9.17) is 4.74 Å². The van der Waals surface area contributed by atoms with Crippen LogP contribution in [-0.4, -0.2) is 61.8 Å². The lowest BCUT2D eigenvalue weighted by Gasteiger charge is -2.60. The Bertz CT molecular complexity index is 508. The highest BCUT2D eigenvalue weighted by molar-refractivity contribution is 14.0. The van der Waals surface area contributed by atoms with E-state index in [1.165, 1.54) is 32.2 Å². The standard InChI is InChI=1S/C19H34N4O.HI/c1-12-10-23(13-7-8-13)11-15(12)21-18(20-4)22-16-14-6-5-9-24-17(14)19(16,2)3;/h12-17H,5-11H2,1-4H3,(H2,20,21,22);1H. The number of nitrogens with one attached hydrogen (secondary N) is 2. The maximum absolute atomic E-state index is 6.03. The van der Waals surface area contributed by atoms with E-state index in [9.17, 15) is 0 Å². The third-order valence-electron chi connectivity index (χ3n) is 6.87. The van der Waals surface area contributed by atoms with Gasteiger partial charge in [0.2, 0.25) is 0 Å². The summed E-state index contributed by atoms with van der Waals surface area (Å²) in [5, 5.41) is 7.46. The van der Waals surface area contributed by atoms with Gasteiger partial charge in [0.25, 0.3) is 0 Å². The molecule has 4 rings (SSSR count). The molecule has 2 saturated carbocycles. The second-order valence-electron chi connectivity index (χ2n) is 9.03. The van der Waals surface area contributed by atoms with E-state index >= 15 is 0 Å². The van der Waals surface area contributed by atoms with Gasteiger partial charge in [0.1, 0.15) is 0 Å². The molecule has 0 aromatic heterocycles. The van der Waals surface area contributed by atoms with E-state index in [2.05, 4.69) is 41.3 Å². The molecule has 4 fully saturated rings. The number of likely N-dealkylation sites (tertiary alicyclic amines) is 1. The lowest BCUT2D eigenvalue weighted by molar-refractivity contribution is -0.188. The third-order valence-corrected chi connectivity index (χ3v) is 6.87. The van der Waals surface area contributed by atoms with Crippen LogP contribution in [0.1, 0.15) is 46.5 Å². The number of hydrogen-bond acceptors (Lipinski definition) is 3. The highest BCUT2D eigenvalue weighted by Crippen LogP contribution is 2.51. The SMILES string of the molecule is CN=C(NC1CN(C2CC2)CC1C)NC1C2CCCOC2C1(C)C.I. The molecule has 0 aromatic rings. The Morgan fingerprint density at radius 1 is 1.16 bits per heavy atom. The number of hydrogen-bond donors (Lipinski definition) is 2. The zero-order chi connectivity index (χ0) is 16.9. The van der Waals surface area contributed by atoms with Crippen molar-refractivity contribution in [3.63, 3.8) is 0 Å². The first-order valence-electron chi connectivity index (χ1n) is 9.86. The summed E-state index contributed by atoms with van der Waals surface area (Å²) in [6.45, 7) is 10.4. The van der Waals surface area contributed by atoms with Crippen molar-refractivity contribution in [3.8, 4) is 0 Å². The van der Waals surface area contributed by atoms with Gasteiger partial charge in [-0.1, -0.05) is 20.8 Å². The molecule has 4 aliphatic rings. The van der Waals surface area contributed by atoms with Crippen LogP contribution in [0.4, 0.5) is 0 Å². The number of nitrogens with zero attached hydrogens (tertiary/aromatic N) is 2. The molecule has 0 radical (unpaired) electrons.